The quantitative estimate of drug-likeness (QED) is 0.829. The number of hydrogen-bond donors (Lipinski definition) is 1. The van der Waals surface area contributed by atoms with Crippen LogP contribution in [0.5, 0.6) is 5.75 Å². The molecule has 0 aliphatic carbocycles. The summed E-state index contributed by atoms with van der Waals surface area (Å²) in [5.41, 5.74) is 0.740. The third-order valence-corrected chi connectivity index (χ3v) is 4.67. The maximum Gasteiger partial charge on any atom is 0.433 e. The van der Waals surface area contributed by atoms with Gasteiger partial charge in [0, 0.05) is 19.3 Å². The summed E-state index contributed by atoms with van der Waals surface area (Å²) in [5.74, 6) is 0.566. The Kier molecular flexibility index (Phi) is 5.81. The van der Waals surface area contributed by atoms with Gasteiger partial charge in [0.25, 0.3) is 0 Å². The Morgan fingerprint density at radius 2 is 2.14 bits per heavy atom. The first-order valence-electron chi connectivity index (χ1n) is 9.19. The molecule has 2 aromatic rings. The van der Waals surface area contributed by atoms with Crippen LogP contribution in [0.15, 0.2) is 30.5 Å². The van der Waals surface area contributed by atoms with Crippen molar-refractivity contribution in [1.29, 1.82) is 0 Å². The van der Waals surface area contributed by atoms with E-state index in [-0.39, 0.29) is 12.6 Å². The van der Waals surface area contributed by atoms with Gasteiger partial charge in [-0.3, -0.25) is 4.68 Å². The minimum atomic E-state index is -4.48. The van der Waals surface area contributed by atoms with E-state index in [9.17, 15) is 18.0 Å². The first-order valence-corrected chi connectivity index (χ1v) is 9.19. The fourth-order valence-electron chi connectivity index (χ4n) is 3.37. The van der Waals surface area contributed by atoms with Gasteiger partial charge in [0.15, 0.2) is 0 Å². The molecule has 6 nitrogen and oxygen atoms in total. The maximum absolute atomic E-state index is 13.2. The molecule has 1 fully saturated rings. The van der Waals surface area contributed by atoms with Crippen LogP contribution < -0.4 is 10.1 Å². The molecule has 28 heavy (non-hydrogen) atoms. The number of benzene rings is 1. The third kappa shape index (κ3) is 4.40. The highest BCUT2D eigenvalue weighted by Gasteiger charge is 2.37. The lowest BCUT2D eigenvalue weighted by molar-refractivity contribution is -0.145. The Morgan fingerprint density at radius 1 is 1.36 bits per heavy atom. The molecular formula is C19H23F3N4O2. The second-order valence-corrected chi connectivity index (χ2v) is 6.76. The smallest absolute Gasteiger partial charge is 0.433 e. The molecule has 1 N–H and O–H groups in total. The number of aromatic nitrogens is 2. The van der Waals surface area contributed by atoms with Gasteiger partial charge in [-0.2, -0.15) is 18.3 Å². The fraction of sp³-hybridized carbons (Fsp3) is 0.474. The zero-order valence-electron chi connectivity index (χ0n) is 15.8. The van der Waals surface area contributed by atoms with E-state index in [2.05, 4.69) is 10.4 Å². The monoisotopic (exact) mass is 396 g/mol. The topological polar surface area (TPSA) is 59.4 Å². The average molecular weight is 396 g/mol. The summed E-state index contributed by atoms with van der Waals surface area (Å²) >= 11 is 0. The number of urea groups is 1. The summed E-state index contributed by atoms with van der Waals surface area (Å²) < 4.78 is 46.0. The first kappa shape index (κ1) is 20.0. The third-order valence-electron chi connectivity index (χ3n) is 4.67. The van der Waals surface area contributed by atoms with E-state index in [1.165, 1.54) is 4.90 Å². The summed E-state index contributed by atoms with van der Waals surface area (Å²) in [6.45, 7) is 4.86. The summed E-state index contributed by atoms with van der Waals surface area (Å²) in [7, 11) is 0. The van der Waals surface area contributed by atoms with Crippen LogP contribution in [-0.2, 0) is 6.18 Å². The lowest BCUT2D eigenvalue weighted by atomic mass is 10.1. The van der Waals surface area contributed by atoms with Gasteiger partial charge >= 0.3 is 12.2 Å². The number of rotatable bonds is 4. The molecular weight excluding hydrogens is 373 g/mol. The van der Waals surface area contributed by atoms with Gasteiger partial charge in [-0.25, -0.2) is 4.79 Å². The van der Waals surface area contributed by atoms with Crippen molar-refractivity contribution in [3.05, 3.63) is 41.7 Å². The second kappa shape index (κ2) is 8.12. The number of ether oxygens (including phenoxy) is 1. The number of amides is 2. The number of aryl methyl sites for hydroxylation is 1. The Morgan fingerprint density at radius 3 is 2.86 bits per heavy atom. The van der Waals surface area contributed by atoms with Crippen molar-refractivity contribution in [1.82, 2.24) is 14.7 Å². The Labute approximate surface area is 161 Å². The van der Waals surface area contributed by atoms with Crippen molar-refractivity contribution < 1.29 is 22.7 Å². The highest BCUT2D eigenvalue weighted by atomic mass is 19.4. The number of nitrogens with zero attached hydrogens (tertiary/aromatic N) is 3. The molecule has 0 bridgehead atoms. The van der Waals surface area contributed by atoms with Gasteiger partial charge in [-0.15, -0.1) is 0 Å². The number of halogens is 3. The predicted molar refractivity (Wildman–Crippen MR) is 98.4 cm³/mol. The molecule has 0 saturated carbocycles. The molecule has 1 atom stereocenters. The number of piperidine rings is 1. The predicted octanol–water partition coefficient (Wildman–Crippen LogP) is 4.48. The standard InChI is InChI=1S/C19H23F3N4O2/c1-3-28-16-11-13(2)6-7-15(16)24-18(27)25-10-4-5-14(12-25)26-17(8-9-23-26)19(20,21)22/h6-9,11,14H,3-5,10,12H2,1-2H3,(H,24,27)/t14-/m0/s1. The van der Waals surface area contributed by atoms with E-state index >= 15 is 0 Å². The highest BCUT2D eigenvalue weighted by Crippen LogP contribution is 2.33. The number of likely N-dealkylation sites (tertiary alicyclic amines) is 1. The van der Waals surface area contributed by atoms with Crippen LogP contribution in [0.25, 0.3) is 0 Å². The first-order chi connectivity index (χ1) is 13.3. The minimum Gasteiger partial charge on any atom is -0.492 e. The van der Waals surface area contributed by atoms with Crippen molar-refractivity contribution in [3.63, 3.8) is 0 Å². The molecule has 1 aliphatic rings. The van der Waals surface area contributed by atoms with Gasteiger partial charge in [-0.05, 0) is 50.5 Å². The molecule has 2 amide bonds. The summed E-state index contributed by atoms with van der Waals surface area (Å²) in [6, 6.07) is 5.52. The highest BCUT2D eigenvalue weighted by molar-refractivity contribution is 5.91. The molecule has 1 aromatic carbocycles. The number of carbonyl (C=O) groups is 1. The maximum atomic E-state index is 13.2. The molecule has 0 radical (unpaired) electrons. The minimum absolute atomic E-state index is 0.159. The Bertz CT molecular complexity index is 835. The Hall–Kier alpha value is -2.71. The van der Waals surface area contributed by atoms with Crippen molar-refractivity contribution in [2.45, 2.75) is 38.9 Å². The van der Waals surface area contributed by atoms with Gasteiger partial charge in [0.2, 0.25) is 0 Å². The van der Waals surface area contributed by atoms with E-state index in [4.69, 9.17) is 4.74 Å². The lowest BCUT2D eigenvalue weighted by Crippen LogP contribution is -2.43. The van der Waals surface area contributed by atoms with Crippen LogP contribution in [0.4, 0.5) is 23.7 Å². The zero-order chi connectivity index (χ0) is 20.3. The van der Waals surface area contributed by atoms with Crippen molar-refractivity contribution in [2.75, 3.05) is 25.0 Å². The van der Waals surface area contributed by atoms with Gasteiger partial charge < -0.3 is 15.0 Å². The van der Waals surface area contributed by atoms with E-state index in [1.54, 1.807) is 6.07 Å². The van der Waals surface area contributed by atoms with Crippen molar-refractivity contribution in [3.8, 4) is 5.75 Å². The molecule has 2 heterocycles. The molecule has 1 saturated heterocycles. The fourth-order valence-corrected chi connectivity index (χ4v) is 3.37. The van der Waals surface area contributed by atoms with Crippen LogP contribution >= 0.6 is 0 Å². The second-order valence-electron chi connectivity index (χ2n) is 6.76. The number of carbonyl (C=O) groups excluding carboxylic acids is 1. The summed E-state index contributed by atoms with van der Waals surface area (Å²) in [6.07, 6.45) is -2.21. The Balaban J connectivity index is 1.73. The number of nitrogens with one attached hydrogen (secondary N) is 1. The van der Waals surface area contributed by atoms with Crippen LogP contribution in [0.2, 0.25) is 0 Å². The molecule has 152 valence electrons. The van der Waals surface area contributed by atoms with E-state index in [1.807, 2.05) is 26.0 Å². The van der Waals surface area contributed by atoms with Gasteiger partial charge in [0.1, 0.15) is 11.4 Å². The molecule has 1 aliphatic heterocycles. The van der Waals surface area contributed by atoms with Crippen molar-refractivity contribution in [2.24, 2.45) is 0 Å². The van der Waals surface area contributed by atoms with Crippen LogP contribution in [0, 0.1) is 6.92 Å². The number of anilines is 1. The van der Waals surface area contributed by atoms with E-state index in [0.717, 1.165) is 22.5 Å². The average Bonchev–Trinajstić information content (AvgIpc) is 3.15. The number of alkyl halides is 3. The zero-order valence-corrected chi connectivity index (χ0v) is 15.8. The van der Waals surface area contributed by atoms with Crippen LogP contribution in [0.1, 0.15) is 37.1 Å². The van der Waals surface area contributed by atoms with E-state index in [0.29, 0.717) is 37.4 Å². The normalized spacial score (nSPS) is 17.5. The van der Waals surface area contributed by atoms with Crippen LogP contribution in [0.3, 0.4) is 0 Å². The van der Waals surface area contributed by atoms with Crippen LogP contribution in [-0.4, -0.2) is 40.4 Å². The molecule has 0 unspecified atom stereocenters. The SMILES string of the molecule is CCOc1cc(C)ccc1NC(=O)N1CCC[C@H](n2nccc2C(F)(F)F)C1. The molecule has 0 spiro atoms. The van der Waals surface area contributed by atoms with Gasteiger partial charge in [-0.1, -0.05) is 6.07 Å². The number of hydrogen-bond acceptors (Lipinski definition) is 3. The summed E-state index contributed by atoms with van der Waals surface area (Å²) in [4.78, 5) is 14.2. The van der Waals surface area contributed by atoms with Gasteiger partial charge in [0.05, 0.1) is 18.3 Å². The summed E-state index contributed by atoms with van der Waals surface area (Å²) in [5, 5.41) is 6.66. The van der Waals surface area contributed by atoms with E-state index < -0.39 is 17.9 Å². The lowest BCUT2D eigenvalue weighted by Gasteiger charge is -2.33. The largest absolute Gasteiger partial charge is 0.492 e. The van der Waals surface area contributed by atoms with Crippen molar-refractivity contribution >= 4 is 11.7 Å². The molecule has 1 aromatic heterocycles. The molecule has 3 rings (SSSR count). The molecule has 9 heteroatoms.